The standard InChI is InChI=1S/C24H27FN2O3/c1-2-22(28)27-12-9-17-15-18(3-8-21(17)27)23(29)26-16-24(10-13-30-14-11-24)19-4-6-20(25)7-5-19/h3-8,15H,2,9-14,16H2,1H3,(H,26,29). The van der Waals surface area contributed by atoms with Crippen molar-refractivity contribution in [3.05, 3.63) is 65.0 Å². The highest BCUT2D eigenvalue weighted by Crippen LogP contribution is 2.35. The smallest absolute Gasteiger partial charge is 0.251 e. The third-order valence-corrected chi connectivity index (χ3v) is 6.33. The molecule has 2 aromatic rings. The van der Waals surface area contributed by atoms with E-state index in [1.54, 1.807) is 11.0 Å². The summed E-state index contributed by atoms with van der Waals surface area (Å²) in [5, 5.41) is 3.09. The maximum absolute atomic E-state index is 13.4. The van der Waals surface area contributed by atoms with Gasteiger partial charge in [0.2, 0.25) is 5.91 Å². The van der Waals surface area contributed by atoms with Gasteiger partial charge >= 0.3 is 0 Å². The van der Waals surface area contributed by atoms with Crippen LogP contribution in [-0.2, 0) is 21.4 Å². The lowest BCUT2D eigenvalue weighted by Gasteiger charge is -2.38. The van der Waals surface area contributed by atoms with Gasteiger partial charge in [0, 0.05) is 49.4 Å². The second kappa shape index (κ2) is 8.56. The average molecular weight is 410 g/mol. The maximum Gasteiger partial charge on any atom is 0.251 e. The zero-order chi connectivity index (χ0) is 21.1. The van der Waals surface area contributed by atoms with Gasteiger partial charge in [0.1, 0.15) is 5.82 Å². The van der Waals surface area contributed by atoms with Crippen LogP contribution >= 0.6 is 0 Å². The molecule has 0 unspecified atom stereocenters. The molecule has 2 aromatic carbocycles. The van der Waals surface area contributed by atoms with Gasteiger partial charge in [-0.3, -0.25) is 9.59 Å². The van der Waals surface area contributed by atoms with E-state index in [2.05, 4.69) is 5.32 Å². The summed E-state index contributed by atoms with van der Waals surface area (Å²) in [5.41, 5.74) is 3.30. The van der Waals surface area contributed by atoms with Crippen molar-refractivity contribution in [1.29, 1.82) is 0 Å². The summed E-state index contributed by atoms with van der Waals surface area (Å²) in [5.74, 6) is -0.295. The van der Waals surface area contributed by atoms with Crippen molar-refractivity contribution >= 4 is 17.5 Å². The van der Waals surface area contributed by atoms with Crippen LogP contribution in [0.3, 0.4) is 0 Å². The van der Waals surface area contributed by atoms with Crippen LogP contribution in [0.25, 0.3) is 0 Å². The molecule has 0 radical (unpaired) electrons. The first kappa shape index (κ1) is 20.5. The molecule has 0 atom stereocenters. The number of hydrogen-bond acceptors (Lipinski definition) is 3. The molecule has 2 aliphatic rings. The molecule has 2 heterocycles. The SMILES string of the molecule is CCC(=O)N1CCc2cc(C(=O)NCC3(c4ccc(F)cc4)CCOCC3)ccc21. The van der Waals surface area contributed by atoms with Crippen LogP contribution in [0.1, 0.15) is 47.7 Å². The van der Waals surface area contributed by atoms with Crippen molar-refractivity contribution in [2.45, 2.75) is 38.0 Å². The Morgan fingerprint density at radius 3 is 2.57 bits per heavy atom. The first-order valence-electron chi connectivity index (χ1n) is 10.6. The highest BCUT2D eigenvalue weighted by molar-refractivity contribution is 5.98. The highest BCUT2D eigenvalue weighted by atomic mass is 19.1. The summed E-state index contributed by atoms with van der Waals surface area (Å²) in [7, 11) is 0. The minimum atomic E-state index is -0.265. The molecule has 4 rings (SSSR count). The number of halogens is 1. The molecule has 0 saturated carbocycles. The molecule has 1 N–H and O–H groups in total. The second-order valence-electron chi connectivity index (χ2n) is 8.07. The summed E-state index contributed by atoms with van der Waals surface area (Å²) in [6, 6.07) is 12.1. The van der Waals surface area contributed by atoms with E-state index in [1.807, 2.05) is 31.2 Å². The summed E-state index contributed by atoms with van der Waals surface area (Å²) in [6.07, 6.45) is 2.78. The molecular formula is C24H27FN2O3. The quantitative estimate of drug-likeness (QED) is 0.819. The van der Waals surface area contributed by atoms with E-state index >= 15 is 0 Å². The molecule has 158 valence electrons. The van der Waals surface area contributed by atoms with Gasteiger partial charge in [0.25, 0.3) is 5.91 Å². The van der Waals surface area contributed by atoms with Gasteiger partial charge in [-0.2, -0.15) is 0 Å². The molecular weight excluding hydrogens is 383 g/mol. The molecule has 0 aromatic heterocycles. The minimum absolute atomic E-state index is 0.103. The van der Waals surface area contributed by atoms with Crippen LogP contribution < -0.4 is 10.2 Å². The Balaban J connectivity index is 1.49. The lowest BCUT2D eigenvalue weighted by molar-refractivity contribution is -0.118. The molecule has 1 fully saturated rings. The number of carbonyl (C=O) groups excluding carboxylic acids is 2. The minimum Gasteiger partial charge on any atom is -0.381 e. The largest absolute Gasteiger partial charge is 0.381 e. The Morgan fingerprint density at radius 1 is 1.13 bits per heavy atom. The monoisotopic (exact) mass is 410 g/mol. The van der Waals surface area contributed by atoms with Crippen LogP contribution in [0, 0.1) is 5.82 Å². The van der Waals surface area contributed by atoms with Crippen molar-refractivity contribution in [2.75, 3.05) is 31.2 Å². The summed E-state index contributed by atoms with van der Waals surface area (Å²) < 4.78 is 18.9. The molecule has 0 spiro atoms. The number of carbonyl (C=O) groups is 2. The Bertz CT molecular complexity index is 936. The molecule has 30 heavy (non-hydrogen) atoms. The van der Waals surface area contributed by atoms with Gasteiger partial charge in [-0.05, 0) is 60.7 Å². The Kier molecular flexibility index (Phi) is 5.86. The van der Waals surface area contributed by atoms with Crippen LogP contribution in [0.2, 0.25) is 0 Å². The molecule has 0 bridgehead atoms. The Hall–Kier alpha value is -2.73. The highest BCUT2D eigenvalue weighted by Gasteiger charge is 2.35. The number of nitrogens with one attached hydrogen (secondary N) is 1. The lowest BCUT2D eigenvalue weighted by Crippen LogP contribution is -2.44. The number of ether oxygens (including phenoxy) is 1. The fraction of sp³-hybridized carbons (Fsp3) is 0.417. The fourth-order valence-corrected chi connectivity index (χ4v) is 4.48. The maximum atomic E-state index is 13.4. The van der Waals surface area contributed by atoms with Crippen molar-refractivity contribution in [1.82, 2.24) is 5.32 Å². The molecule has 2 aliphatic heterocycles. The van der Waals surface area contributed by atoms with Gasteiger partial charge in [-0.1, -0.05) is 19.1 Å². The fourth-order valence-electron chi connectivity index (χ4n) is 4.48. The van der Waals surface area contributed by atoms with Crippen LogP contribution in [0.4, 0.5) is 10.1 Å². The number of amides is 2. The van der Waals surface area contributed by atoms with Gasteiger partial charge in [-0.15, -0.1) is 0 Å². The van der Waals surface area contributed by atoms with Crippen molar-refractivity contribution in [2.24, 2.45) is 0 Å². The Labute approximate surface area is 176 Å². The predicted octanol–water partition coefficient (Wildman–Crippen LogP) is 3.60. The lowest BCUT2D eigenvalue weighted by atomic mass is 9.74. The third kappa shape index (κ3) is 3.97. The van der Waals surface area contributed by atoms with E-state index in [1.165, 1.54) is 12.1 Å². The van der Waals surface area contributed by atoms with Crippen LogP contribution in [-0.4, -0.2) is 38.1 Å². The van der Waals surface area contributed by atoms with Crippen LogP contribution in [0.15, 0.2) is 42.5 Å². The van der Waals surface area contributed by atoms with Gasteiger partial charge < -0.3 is 15.0 Å². The second-order valence-corrected chi connectivity index (χ2v) is 8.07. The molecule has 1 saturated heterocycles. The van der Waals surface area contributed by atoms with E-state index in [-0.39, 0.29) is 23.0 Å². The number of rotatable bonds is 5. The molecule has 5 nitrogen and oxygen atoms in total. The molecule has 0 aliphatic carbocycles. The number of benzene rings is 2. The first-order valence-corrected chi connectivity index (χ1v) is 10.6. The van der Waals surface area contributed by atoms with Crippen molar-refractivity contribution in [3.8, 4) is 0 Å². The van der Waals surface area contributed by atoms with Gasteiger partial charge in [-0.25, -0.2) is 4.39 Å². The van der Waals surface area contributed by atoms with E-state index in [0.717, 1.165) is 36.1 Å². The van der Waals surface area contributed by atoms with E-state index in [0.29, 0.717) is 38.3 Å². The normalized spacial score (nSPS) is 17.5. The topological polar surface area (TPSA) is 58.6 Å². The van der Waals surface area contributed by atoms with Crippen LogP contribution in [0.5, 0.6) is 0 Å². The van der Waals surface area contributed by atoms with Crippen molar-refractivity contribution in [3.63, 3.8) is 0 Å². The number of nitrogens with zero attached hydrogens (tertiary/aromatic N) is 1. The van der Waals surface area contributed by atoms with Crippen molar-refractivity contribution < 1.29 is 18.7 Å². The summed E-state index contributed by atoms with van der Waals surface area (Å²) in [6.45, 7) is 4.23. The molecule has 2 amide bonds. The zero-order valence-corrected chi connectivity index (χ0v) is 17.2. The summed E-state index contributed by atoms with van der Waals surface area (Å²) >= 11 is 0. The Morgan fingerprint density at radius 2 is 1.87 bits per heavy atom. The average Bonchev–Trinajstić information content (AvgIpc) is 3.21. The first-order chi connectivity index (χ1) is 14.5. The van der Waals surface area contributed by atoms with E-state index < -0.39 is 0 Å². The summed E-state index contributed by atoms with van der Waals surface area (Å²) in [4.78, 5) is 26.8. The van der Waals surface area contributed by atoms with Gasteiger partial charge in [0.15, 0.2) is 0 Å². The number of fused-ring (bicyclic) bond motifs is 1. The predicted molar refractivity (Wildman–Crippen MR) is 113 cm³/mol. The van der Waals surface area contributed by atoms with Gasteiger partial charge in [0.05, 0.1) is 0 Å². The molecule has 6 heteroatoms. The van der Waals surface area contributed by atoms with E-state index in [4.69, 9.17) is 4.74 Å². The third-order valence-electron chi connectivity index (χ3n) is 6.33. The van der Waals surface area contributed by atoms with E-state index in [9.17, 15) is 14.0 Å². The zero-order valence-electron chi connectivity index (χ0n) is 17.2. The number of anilines is 1. The number of hydrogen-bond donors (Lipinski definition) is 1.